The molecule has 2 aromatic carbocycles. The number of benzene rings is 2. The second kappa shape index (κ2) is 8.22. The third kappa shape index (κ3) is 3.26. The maximum atomic E-state index is 13.3. The van der Waals surface area contributed by atoms with Crippen LogP contribution in [0.1, 0.15) is 0 Å². The molecule has 0 atom stereocenters. The van der Waals surface area contributed by atoms with Gasteiger partial charge in [-0.3, -0.25) is 4.79 Å². The van der Waals surface area contributed by atoms with E-state index in [1.165, 1.54) is 42.7 Å². The van der Waals surface area contributed by atoms with Gasteiger partial charge in [-0.2, -0.15) is 0 Å². The van der Waals surface area contributed by atoms with Crippen LogP contribution in [0.5, 0.6) is 34.5 Å². The predicted octanol–water partition coefficient (Wildman–Crippen LogP) is 3.51. The Morgan fingerprint density at radius 1 is 0.655 bits per heavy atom. The number of hydrogen-bond donors (Lipinski definition) is 0. The first-order chi connectivity index (χ1) is 14.0. The van der Waals surface area contributed by atoms with Crippen LogP contribution in [-0.2, 0) is 0 Å². The highest BCUT2D eigenvalue weighted by Crippen LogP contribution is 2.44. The van der Waals surface area contributed by atoms with E-state index in [-0.39, 0.29) is 34.0 Å². The van der Waals surface area contributed by atoms with Crippen LogP contribution in [0.15, 0.2) is 33.5 Å². The van der Waals surface area contributed by atoms with Crippen LogP contribution in [0, 0.1) is 0 Å². The molecule has 0 saturated carbocycles. The first kappa shape index (κ1) is 20.2. The van der Waals surface area contributed by atoms with E-state index in [0.29, 0.717) is 22.8 Å². The molecule has 1 aromatic heterocycles. The summed E-state index contributed by atoms with van der Waals surface area (Å²) in [7, 11) is 8.86. The van der Waals surface area contributed by atoms with Gasteiger partial charge in [0.15, 0.2) is 28.6 Å². The van der Waals surface area contributed by atoms with Crippen molar-refractivity contribution in [2.45, 2.75) is 0 Å². The molecule has 0 fully saturated rings. The van der Waals surface area contributed by atoms with Crippen molar-refractivity contribution in [3.8, 4) is 45.8 Å². The lowest BCUT2D eigenvalue weighted by molar-refractivity contribution is 0.346. The van der Waals surface area contributed by atoms with Gasteiger partial charge < -0.3 is 32.8 Å². The second-order valence-corrected chi connectivity index (χ2v) is 5.88. The van der Waals surface area contributed by atoms with Crippen LogP contribution >= 0.6 is 0 Å². The van der Waals surface area contributed by atoms with Crippen LogP contribution in [0.2, 0.25) is 0 Å². The van der Waals surface area contributed by atoms with Crippen molar-refractivity contribution in [2.24, 2.45) is 0 Å². The second-order valence-electron chi connectivity index (χ2n) is 5.88. The molecule has 154 valence electrons. The van der Waals surface area contributed by atoms with Gasteiger partial charge in [-0.05, 0) is 18.2 Å². The SMILES string of the molecule is COc1ccc(-c2oc3c(OC)c(OC)cc(OC)c3c(=O)c2OC)cc1OC. The zero-order valence-electron chi connectivity index (χ0n) is 17.1. The summed E-state index contributed by atoms with van der Waals surface area (Å²) >= 11 is 0. The zero-order chi connectivity index (χ0) is 21.1. The summed E-state index contributed by atoms with van der Waals surface area (Å²) in [5.74, 6) is 2.16. The summed E-state index contributed by atoms with van der Waals surface area (Å²) in [6, 6.07) is 6.70. The van der Waals surface area contributed by atoms with Gasteiger partial charge in [0.1, 0.15) is 11.1 Å². The van der Waals surface area contributed by atoms with E-state index in [0.717, 1.165) is 0 Å². The normalized spacial score (nSPS) is 10.6. The minimum atomic E-state index is -0.406. The minimum absolute atomic E-state index is 0.0234. The van der Waals surface area contributed by atoms with Crippen molar-refractivity contribution < 1.29 is 32.8 Å². The molecule has 3 aromatic rings. The standard InChI is InChI=1S/C21H22O8/c1-23-12-8-7-11(9-13(12)24-2)18-21(28-6)17(22)16-14(25-3)10-15(26-4)19(27-5)20(16)29-18/h7-10H,1-6H3. The number of rotatable bonds is 7. The van der Waals surface area contributed by atoms with Crippen molar-refractivity contribution in [1.82, 2.24) is 0 Å². The molecule has 0 bridgehead atoms. The van der Waals surface area contributed by atoms with Crippen molar-refractivity contribution in [3.63, 3.8) is 0 Å². The third-order valence-corrected chi connectivity index (χ3v) is 4.50. The van der Waals surface area contributed by atoms with E-state index in [2.05, 4.69) is 0 Å². The van der Waals surface area contributed by atoms with Gasteiger partial charge >= 0.3 is 0 Å². The van der Waals surface area contributed by atoms with Crippen LogP contribution in [0.3, 0.4) is 0 Å². The number of hydrogen-bond acceptors (Lipinski definition) is 8. The highest BCUT2D eigenvalue weighted by molar-refractivity contribution is 5.93. The van der Waals surface area contributed by atoms with E-state index in [9.17, 15) is 4.79 Å². The molecular formula is C21H22O8. The molecule has 0 aliphatic rings. The number of ether oxygens (including phenoxy) is 6. The number of fused-ring (bicyclic) bond motifs is 1. The lowest BCUT2D eigenvalue weighted by Crippen LogP contribution is -2.10. The molecule has 0 amide bonds. The minimum Gasteiger partial charge on any atom is -0.496 e. The van der Waals surface area contributed by atoms with Crippen molar-refractivity contribution >= 4 is 11.0 Å². The molecule has 0 radical (unpaired) electrons. The maximum absolute atomic E-state index is 13.3. The highest BCUT2D eigenvalue weighted by Gasteiger charge is 2.25. The van der Waals surface area contributed by atoms with Crippen LogP contribution in [0.25, 0.3) is 22.3 Å². The Balaban J connectivity index is 2.44. The summed E-state index contributed by atoms with van der Waals surface area (Å²) in [6.07, 6.45) is 0. The van der Waals surface area contributed by atoms with Gasteiger partial charge in [0.25, 0.3) is 0 Å². The lowest BCUT2D eigenvalue weighted by atomic mass is 10.1. The van der Waals surface area contributed by atoms with Crippen molar-refractivity contribution in [3.05, 3.63) is 34.5 Å². The largest absolute Gasteiger partial charge is 0.496 e. The van der Waals surface area contributed by atoms with Crippen molar-refractivity contribution in [2.75, 3.05) is 42.7 Å². The molecule has 0 spiro atoms. The molecule has 1 heterocycles. The first-order valence-electron chi connectivity index (χ1n) is 8.60. The Kier molecular flexibility index (Phi) is 5.72. The van der Waals surface area contributed by atoms with Gasteiger partial charge in [0.05, 0.1) is 42.7 Å². The number of methoxy groups -OCH3 is 6. The van der Waals surface area contributed by atoms with Crippen LogP contribution in [0.4, 0.5) is 0 Å². The maximum Gasteiger partial charge on any atom is 0.239 e. The fraction of sp³-hybridized carbons (Fsp3) is 0.286. The van der Waals surface area contributed by atoms with E-state index in [4.69, 9.17) is 32.8 Å². The topological polar surface area (TPSA) is 85.6 Å². The summed E-state index contributed by atoms with van der Waals surface area (Å²) < 4.78 is 38.3. The summed E-state index contributed by atoms with van der Waals surface area (Å²) in [5, 5.41) is 0.186. The average molecular weight is 402 g/mol. The molecular weight excluding hydrogens is 380 g/mol. The molecule has 0 saturated heterocycles. The van der Waals surface area contributed by atoms with Gasteiger partial charge in [-0.15, -0.1) is 0 Å². The highest BCUT2D eigenvalue weighted by atomic mass is 16.5. The summed E-state index contributed by atoms with van der Waals surface area (Å²) in [5.41, 5.74) is 0.331. The molecule has 8 nitrogen and oxygen atoms in total. The van der Waals surface area contributed by atoms with Crippen LogP contribution < -0.4 is 33.8 Å². The molecule has 0 aliphatic heterocycles. The van der Waals surface area contributed by atoms with Crippen LogP contribution in [-0.4, -0.2) is 42.7 Å². The zero-order valence-corrected chi connectivity index (χ0v) is 17.1. The molecule has 3 rings (SSSR count). The Labute approximate surface area is 167 Å². The molecule has 8 heteroatoms. The lowest BCUT2D eigenvalue weighted by Gasteiger charge is -2.16. The van der Waals surface area contributed by atoms with Gasteiger partial charge in [-0.1, -0.05) is 0 Å². The monoisotopic (exact) mass is 402 g/mol. The fourth-order valence-electron chi connectivity index (χ4n) is 3.13. The average Bonchev–Trinajstić information content (AvgIpc) is 2.76. The van der Waals surface area contributed by atoms with Gasteiger partial charge in [0, 0.05) is 11.6 Å². The quantitative estimate of drug-likeness (QED) is 0.594. The molecule has 0 aliphatic carbocycles. The van der Waals surface area contributed by atoms with Crippen molar-refractivity contribution in [1.29, 1.82) is 0 Å². The Bertz CT molecular complexity index is 1100. The van der Waals surface area contributed by atoms with Gasteiger partial charge in [0.2, 0.25) is 16.9 Å². The Hall–Kier alpha value is -3.55. The predicted molar refractivity (Wildman–Crippen MR) is 107 cm³/mol. The van der Waals surface area contributed by atoms with E-state index < -0.39 is 5.43 Å². The molecule has 0 unspecified atom stereocenters. The van der Waals surface area contributed by atoms with E-state index in [1.54, 1.807) is 24.3 Å². The Morgan fingerprint density at radius 3 is 1.83 bits per heavy atom. The summed E-state index contributed by atoms with van der Waals surface area (Å²) in [4.78, 5) is 13.3. The summed E-state index contributed by atoms with van der Waals surface area (Å²) in [6.45, 7) is 0. The van der Waals surface area contributed by atoms with E-state index >= 15 is 0 Å². The third-order valence-electron chi connectivity index (χ3n) is 4.50. The first-order valence-corrected chi connectivity index (χ1v) is 8.60. The van der Waals surface area contributed by atoms with Gasteiger partial charge in [-0.25, -0.2) is 0 Å². The smallest absolute Gasteiger partial charge is 0.239 e. The Morgan fingerprint density at radius 2 is 1.28 bits per heavy atom. The molecule has 29 heavy (non-hydrogen) atoms. The molecule has 0 N–H and O–H groups in total. The van der Waals surface area contributed by atoms with E-state index in [1.807, 2.05) is 0 Å². The fourth-order valence-corrected chi connectivity index (χ4v) is 3.13.